The first kappa shape index (κ1) is 30.1. The molecule has 0 bridgehead atoms. The van der Waals surface area contributed by atoms with E-state index in [0.717, 1.165) is 11.1 Å². The highest BCUT2D eigenvalue weighted by atomic mass is 16.4. The molecule has 0 aromatic heterocycles. The van der Waals surface area contributed by atoms with Crippen LogP contribution in [0.15, 0.2) is 54.6 Å². The van der Waals surface area contributed by atoms with Gasteiger partial charge in [-0.05, 0) is 48.9 Å². The first-order valence-electron chi connectivity index (χ1n) is 13.0. The third kappa shape index (κ3) is 8.53. The minimum absolute atomic E-state index is 0.0710. The monoisotopic (exact) mass is 553 g/mol. The number of carbonyl (C=O) groups excluding carboxylic acids is 4. The number of likely N-dealkylation sites (tertiary alicyclic amines) is 1. The van der Waals surface area contributed by atoms with Crippen molar-refractivity contribution in [1.82, 2.24) is 15.5 Å². The number of hydrogen-bond donors (Lipinski definition) is 6. The van der Waals surface area contributed by atoms with Crippen molar-refractivity contribution < 1.29 is 34.2 Å². The van der Waals surface area contributed by atoms with Gasteiger partial charge in [0.1, 0.15) is 23.9 Å². The summed E-state index contributed by atoms with van der Waals surface area (Å²) in [5.74, 6) is -3.65. The van der Waals surface area contributed by atoms with Gasteiger partial charge in [0.25, 0.3) is 0 Å². The van der Waals surface area contributed by atoms with Crippen LogP contribution in [0.1, 0.15) is 36.8 Å². The zero-order valence-corrected chi connectivity index (χ0v) is 22.0. The fourth-order valence-electron chi connectivity index (χ4n) is 4.63. The molecule has 1 fully saturated rings. The van der Waals surface area contributed by atoms with Crippen LogP contribution in [0.2, 0.25) is 0 Å². The third-order valence-corrected chi connectivity index (χ3v) is 6.76. The van der Waals surface area contributed by atoms with Gasteiger partial charge in [-0.15, -0.1) is 0 Å². The number of phenols is 1. The standard InChI is InChI=1S/C28H35N5O7/c29-20(15-18-8-10-19(34)11-9-18)27(38)33-14-4-7-23(33)26(37)32-22(16-17-5-2-1-3-6-17)25(36)31-21(28(39)40)12-13-24(30)35/h1-3,5-6,8-11,20-23,34H,4,7,12-16,29H2,(H2,30,35)(H,31,36)(H,32,37)(H,39,40). The molecule has 12 nitrogen and oxygen atoms in total. The van der Waals surface area contributed by atoms with Crippen LogP contribution in [0.25, 0.3) is 0 Å². The highest BCUT2D eigenvalue weighted by Crippen LogP contribution is 2.20. The highest BCUT2D eigenvalue weighted by Gasteiger charge is 2.38. The Balaban J connectivity index is 1.72. The van der Waals surface area contributed by atoms with Crippen LogP contribution in [-0.4, -0.2) is 75.4 Å². The van der Waals surface area contributed by atoms with Crippen molar-refractivity contribution in [2.24, 2.45) is 11.5 Å². The number of nitrogens with zero attached hydrogens (tertiary/aromatic N) is 1. The summed E-state index contributed by atoms with van der Waals surface area (Å²) in [6.45, 7) is 0.323. The molecule has 4 amide bonds. The molecular formula is C28H35N5O7. The number of primary amides is 1. The van der Waals surface area contributed by atoms with Crippen LogP contribution in [-0.2, 0) is 36.8 Å². The Morgan fingerprint density at radius 3 is 2.20 bits per heavy atom. The molecule has 0 aliphatic carbocycles. The van der Waals surface area contributed by atoms with Gasteiger partial charge in [0.2, 0.25) is 23.6 Å². The second-order valence-electron chi connectivity index (χ2n) is 9.82. The lowest BCUT2D eigenvalue weighted by Crippen LogP contribution is -2.57. The normalized spacial score (nSPS) is 16.9. The summed E-state index contributed by atoms with van der Waals surface area (Å²) < 4.78 is 0. The molecule has 1 aliphatic heterocycles. The fourth-order valence-corrected chi connectivity index (χ4v) is 4.63. The molecule has 8 N–H and O–H groups in total. The van der Waals surface area contributed by atoms with Crippen LogP contribution >= 0.6 is 0 Å². The van der Waals surface area contributed by atoms with Crippen LogP contribution in [0.4, 0.5) is 0 Å². The van der Waals surface area contributed by atoms with Crippen LogP contribution in [0, 0.1) is 0 Å². The Bertz CT molecular complexity index is 1210. The first-order chi connectivity index (χ1) is 19.0. The lowest BCUT2D eigenvalue weighted by Gasteiger charge is -2.29. The summed E-state index contributed by atoms with van der Waals surface area (Å²) >= 11 is 0. The van der Waals surface area contributed by atoms with Gasteiger partial charge in [-0.1, -0.05) is 42.5 Å². The molecule has 2 aromatic carbocycles. The SMILES string of the molecule is NC(=O)CCC(NC(=O)C(Cc1ccccc1)NC(=O)C1CCCN1C(=O)C(N)Cc1ccc(O)cc1)C(=O)O. The number of aliphatic carboxylic acids is 1. The molecule has 12 heteroatoms. The van der Waals surface area contributed by atoms with E-state index in [-0.39, 0.29) is 31.4 Å². The minimum atomic E-state index is -1.38. The highest BCUT2D eigenvalue weighted by molar-refractivity contribution is 5.94. The van der Waals surface area contributed by atoms with Crippen molar-refractivity contribution in [1.29, 1.82) is 0 Å². The number of benzene rings is 2. The van der Waals surface area contributed by atoms with E-state index < -0.39 is 53.8 Å². The molecule has 0 radical (unpaired) electrons. The maximum Gasteiger partial charge on any atom is 0.326 e. The second-order valence-corrected chi connectivity index (χ2v) is 9.82. The number of carbonyl (C=O) groups is 5. The molecule has 3 rings (SSSR count). The maximum atomic E-state index is 13.4. The van der Waals surface area contributed by atoms with Crippen molar-refractivity contribution in [2.75, 3.05) is 6.54 Å². The zero-order valence-electron chi connectivity index (χ0n) is 22.0. The van der Waals surface area contributed by atoms with E-state index in [9.17, 15) is 34.2 Å². The quantitative estimate of drug-likeness (QED) is 0.196. The number of nitrogens with two attached hydrogens (primary N) is 2. The Morgan fingerprint density at radius 1 is 0.925 bits per heavy atom. The summed E-state index contributed by atoms with van der Waals surface area (Å²) in [6.07, 6.45) is 0.786. The Hall–Kier alpha value is -4.45. The van der Waals surface area contributed by atoms with E-state index in [1.54, 1.807) is 42.5 Å². The number of amides is 4. The lowest BCUT2D eigenvalue weighted by molar-refractivity contribution is -0.143. The van der Waals surface area contributed by atoms with E-state index in [1.165, 1.54) is 17.0 Å². The van der Waals surface area contributed by atoms with Gasteiger partial charge in [-0.3, -0.25) is 19.2 Å². The van der Waals surface area contributed by atoms with Crippen LogP contribution < -0.4 is 22.1 Å². The van der Waals surface area contributed by atoms with E-state index in [1.807, 2.05) is 0 Å². The average molecular weight is 554 g/mol. The number of nitrogens with one attached hydrogen (secondary N) is 2. The van der Waals surface area contributed by atoms with Crippen molar-refractivity contribution in [3.05, 3.63) is 65.7 Å². The molecule has 4 unspecified atom stereocenters. The zero-order chi connectivity index (χ0) is 29.2. The fraction of sp³-hybridized carbons (Fsp3) is 0.393. The number of carboxylic acids is 1. The Morgan fingerprint density at radius 2 is 1.57 bits per heavy atom. The molecule has 214 valence electrons. The molecular weight excluding hydrogens is 518 g/mol. The number of hydrogen-bond acceptors (Lipinski definition) is 7. The number of aromatic hydroxyl groups is 1. The average Bonchev–Trinajstić information content (AvgIpc) is 3.42. The van der Waals surface area contributed by atoms with Crippen molar-refractivity contribution in [3.8, 4) is 5.75 Å². The van der Waals surface area contributed by atoms with Crippen molar-refractivity contribution in [3.63, 3.8) is 0 Å². The van der Waals surface area contributed by atoms with E-state index in [4.69, 9.17) is 11.5 Å². The van der Waals surface area contributed by atoms with E-state index >= 15 is 0 Å². The largest absolute Gasteiger partial charge is 0.508 e. The van der Waals surface area contributed by atoms with Gasteiger partial charge in [0, 0.05) is 19.4 Å². The van der Waals surface area contributed by atoms with Crippen LogP contribution in [0.3, 0.4) is 0 Å². The molecule has 1 saturated heterocycles. The summed E-state index contributed by atoms with van der Waals surface area (Å²) in [5, 5.41) is 24.1. The molecule has 0 saturated carbocycles. The Labute approximate surface area is 231 Å². The van der Waals surface area contributed by atoms with Gasteiger partial charge in [-0.25, -0.2) is 4.79 Å². The second kappa shape index (κ2) is 14.1. The van der Waals surface area contributed by atoms with Crippen molar-refractivity contribution in [2.45, 2.75) is 62.7 Å². The molecule has 0 spiro atoms. The smallest absolute Gasteiger partial charge is 0.326 e. The predicted molar refractivity (Wildman–Crippen MR) is 145 cm³/mol. The molecule has 1 aliphatic rings. The molecule has 2 aromatic rings. The maximum absolute atomic E-state index is 13.4. The number of carboxylic acid groups (broad SMARTS) is 1. The van der Waals surface area contributed by atoms with Gasteiger partial charge in [0.15, 0.2) is 0 Å². The lowest BCUT2D eigenvalue weighted by atomic mass is 10.0. The number of rotatable bonds is 13. The molecule has 4 atom stereocenters. The topological polar surface area (TPSA) is 205 Å². The summed E-state index contributed by atoms with van der Waals surface area (Å²) in [6, 6.07) is 10.9. The first-order valence-corrected chi connectivity index (χ1v) is 13.0. The third-order valence-electron chi connectivity index (χ3n) is 6.76. The summed E-state index contributed by atoms with van der Waals surface area (Å²) in [7, 11) is 0. The van der Waals surface area contributed by atoms with Gasteiger partial charge in [0.05, 0.1) is 6.04 Å². The van der Waals surface area contributed by atoms with E-state index in [2.05, 4.69) is 10.6 Å². The van der Waals surface area contributed by atoms with Crippen molar-refractivity contribution >= 4 is 29.6 Å². The van der Waals surface area contributed by atoms with Gasteiger partial charge >= 0.3 is 5.97 Å². The predicted octanol–water partition coefficient (Wildman–Crippen LogP) is -0.185. The minimum Gasteiger partial charge on any atom is -0.508 e. The van der Waals surface area contributed by atoms with Crippen LogP contribution in [0.5, 0.6) is 5.75 Å². The summed E-state index contributed by atoms with van der Waals surface area (Å²) in [5.41, 5.74) is 12.8. The summed E-state index contributed by atoms with van der Waals surface area (Å²) in [4.78, 5) is 64.0. The molecule has 1 heterocycles. The van der Waals surface area contributed by atoms with Gasteiger partial charge < -0.3 is 37.2 Å². The number of phenolic OH excluding ortho intramolecular Hbond substituents is 1. The van der Waals surface area contributed by atoms with Gasteiger partial charge in [-0.2, -0.15) is 0 Å². The Kier molecular flexibility index (Phi) is 10.6. The molecule has 40 heavy (non-hydrogen) atoms. The van der Waals surface area contributed by atoms with E-state index in [0.29, 0.717) is 19.4 Å².